The maximum Gasteiger partial charge on any atom is 2.00 e. The Morgan fingerprint density at radius 3 is 1.33 bits per heavy atom. The van der Waals surface area contributed by atoms with Crippen LogP contribution < -0.4 is 0 Å². The summed E-state index contributed by atoms with van der Waals surface area (Å²) in [6.07, 6.45) is 3.38. The van der Waals surface area contributed by atoms with Crippen LogP contribution in [0.1, 0.15) is 39.5 Å². The molecule has 6 heteroatoms. The topological polar surface area (TPSA) is 40.5 Å². The number of unbranched alkanes of at least 4 members (excludes halogenated alkanes) is 2. The van der Waals surface area contributed by atoms with Crippen LogP contribution in [0.5, 0.6) is 0 Å². The molecule has 0 saturated heterocycles. The third kappa shape index (κ3) is 53.8. The average Bonchev–Trinajstić information content (AvgIpc) is 2.18. The van der Waals surface area contributed by atoms with E-state index >= 15 is 0 Å². The van der Waals surface area contributed by atoms with E-state index < -0.39 is 6.09 Å². The molecule has 0 aromatic heterocycles. The second-order valence-electron chi connectivity index (χ2n) is 2.28. The van der Waals surface area contributed by atoms with E-state index in [2.05, 4.69) is 53.3 Å². The first-order chi connectivity index (χ1) is 6.47. The summed E-state index contributed by atoms with van der Waals surface area (Å²) in [5, 5.41) is 7.76. The Hall–Kier alpha value is 0.464. The van der Waals surface area contributed by atoms with Gasteiger partial charge in [-0.3, -0.25) is 0 Å². The third-order valence-corrected chi connectivity index (χ3v) is 1.22. The van der Waals surface area contributed by atoms with Crippen molar-refractivity contribution in [2.75, 3.05) is 0 Å². The van der Waals surface area contributed by atoms with E-state index in [-0.39, 0.29) is 16.5 Å². The number of hydrogen-bond acceptors (Lipinski definition) is 3. The van der Waals surface area contributed by atoms with E-state index in [0.717, 1.165) is 12.8 Å². The fourth-order valence-corrected chi connectivity index (χ4v) is 0. The van der Waals surface area contributed by atoms with E-state index in [1.165, 1.54) is 12.8 Å². The minimum Gasteiger partial charge on any atom is -0.464 e. The van der Waals surface area contributed by atoms with Crippen molar-refractivity contribution < 1.29 is 26.4 Å². The SMILES string of the molecule is O=C(O)N(S)S.[CH2-]CCC.[CH2-]CCC.[Ni+2]. The number of rotatable bonds is 2. The first kappa shape index (κ1) is 24.6. The Bertz CT molecular complexity index is 108. The number of hydrogen-bond donors (Lipinski definition) is 3. The number of nitrogens with zero attached hydrogens (tertiary/aromatic N) is 1. The van der Waals surface area contributed by atoms with Crippen molar-refractivity contribution in [2.45, 2.75) is 39.5 Å². The molecular formula is C9H21NNiO2S2. The summed E-state index contributed by atoms with van der Waals surface area (Å²) in [6.45, 7) is 11.4. The largest absolute Gasteiger partial charge is 2.00 e. The maximum atomic E-state index is 9.47. The molecule has 0 saturated carbocycles. The number of amides is 1. The van der Waals surface area contributed by atoms with Gasteiger partial charge in [0.05, 0.1) is 0 Å². The van der Waals surface area contributed by atoms with Crippen LogP contribution in [0.2, 0.25) is 0 Å². The van der Waals surface area contributed by atoms with Crippen LogP contribution in [0.25, 0.3) is 0 Å². The van der Waals surface area contributed by atoms with Gasteiger partial charge in [0.2, 0.25) is 0 Å². The van der Waals surface area contributed by atoms with Crippen LogP contribution in [-0.4, -0.2) is 14.9 Å². The molecule has 0 aliphatic heterocycles. The first-order valence-corrected chi connectivity index (χ1v) is 5.27. The van der Waals surface area contributed by atoms with E-state index in [9.17, 15) is 4.79 Å². The molecule has 0 aromatic carbocycles. The van der Waals surface area contributed by atoms with Gasteiger partial charge in [-0.15, -0.1) is 0 Å². The van der Waals surface area contributed by atoms with Crippen LogP contribution in [0.4, 0.5) is 4.79 Å². The van der Waals surface area contributed by atoms with E-state index in [1.54, 1.807) is 0 Å². The molecule has 0 heterocycles. The second kappa shape index (κ2) is 23.9. The smallest absolute Gasteiger partial charge is 0.464 e. The fourth-order valence-electron chi connectivity index (χ4n) is 0. The first-order valence-electron chi connectivity index (χ1n) is 4.47. The molecule has 0 aromatic rings. The predicted octanol–water partition coefficient (Wildman–Crippen LogP) is 3.89. The fraction of sp³-hybridized carbons (Fsp3) is 0.667. The number of carbonyl (C=O) groups is 1. The van der Waals surface area contributed by atoms with Crippen molar-refractivity contribution in [2.24, 2.45) is 0 Å². The number of carboxylic acid groups (broad SMARTS) is 1. The molecule has 0 atom stereocenters. The van der Waals surface area contributed by atoms with Crippen LogP contribution in [0.3, 0.4) is 0 Å². The summed E-state index contributed by atoms with van der Waals surface area (Å²) in [4.78, 5) is 9.47. The van der Waals surface area contributed by atoms with Crippen molar-refractivity contribution in [3.63, 3.8) is 0 Å². The van der Waals surface area contributed by atoms with Crippen molar-refractivity contribution >= 4 is 31.7 Å². The molecule has 15 heavy (non-hydrogen) atoms. The van der Waals surface area contributed by atoms with Crippen LogP contribution in [0, 0.1) is 13.8 Å². The summed E-state index contributed by atoms with van der Waals surface area (Å²) in [5.41, 5.74) is 0. The van der Waals surface area contributed by atoms with Gasteiger partial charge in [-0.1, -0.05) is 26.7 Å². The van der Waals surface area contributed by atoms with E-state index in [4.69, 9.17) is 5.11 Å². The van der Waals surface area contributed by atoms with Crippen molar-refractivity contribution in [3.05, 3.63) is 13.8 Å². The summed E-state index contributed by atoms with van der Waals surface area (Å²) in [5.74, 6) is 0. The van der Waals surface area contributed by atoms with Crippen molar-refractivity contribution in [1.29, 1.82) is 0 Å². The summed E-state index contributed by atoms with van der Waals surface area (Å²) in [7, 11) is 0. The zero-order valence-electron chi connectivity index (χ0n) is 9.26. The monoisotopic (exact) mass is 297 g/mol. The van der Waals surface area contributed by atoms with Gasteiger partial charge in [0.25, 0.3) is 0 Å². The molecule has 0 spiro atoms. The average molecular weight is 298 g/mol. The predicted molar refractivity (Wildman–Crippen MR) is 68.4 cm³/mol. The Morgan fingerprint density at radius 2 is 1.33 bits per heavy atom. The molecule has 3 nitrogen and oxygen atoms in total. The van der Waals surface area contributed by atoms with Crippen molar-refractivity contribution in [3.8, 4) is 0 Å². The van der Waals surface area contributed by atoms with E-state index in [1.807, 2.05) is 0 Å². The molecule has 0 unspecified atom stereocenters. The summed E-state index contributed by atoms with van der Waals surface area (Å²) in [6, 6.07) is 0. The van der Waals surface area contributed by atoms with Gasteiger partial charge in [0.15, 0.2) is 0 Å². The van der Waals surface area contributed by atoms with Gasteiger partial charge in [0.1, 0.15) is 0 Å². The standard InChI is InChI=1S/2C4H9.CH3NO2S2.Ni/c2*1-3-4-2;3-1(4)2(5)6;/h2*1,3-4H2,2H3;5-6H,(H,3,4);/q2*-1;;+2. The molecule has 0 aliphatic carbocycles. The van der Waals surface area contributed by atoms with Crippen molar-refractivity contribution in [1.82, 2.24) is 3.71 Å². The summed E-state index contributed by atoms with van der Waals surface area (Å²) >= 11 is 6.58. The quantitative estimate of drug-likeness (QED) is 0.411. The minimum atomic E-state index is -1.18. The van der Waals surface area contributed by atoms with Crippen LogP contribution >= 0.6 is 25.6 Å². The molecule has 96 valence electrons. The van der Waals surface area contributed by atoms with Gasteiger partial charge >= 0.3 is 22.6 Å². The van der Waals surface area contributed by atoms with Gasteiger partial charge in [-0.25, -0.2) is 4.79 Å². The minimum absolute atomic E-state index is 0. The molecule has 0 fully saturated rings. The van der Waals surface area contributed by atoms with E-state index in [0.29, 0.717) is 3.71 Å². The molecule has 1 amide bonds. The third-order valence-electron chi connectivity index (χ3n) is 0.878. The molecular weight excluding hydrogens is 277 g/mol. The Labute approximate surface area is 115 Å². The van der Waals surface area contributed by atoms with Gasteiger partial charge in [-0.05, 0) is 25.6 Å². The number of thiol groups is 2. The Balaban J connectivity index is -0.0000000606. The van der Waals surface area contributed by atoms with Gasteiger partial charge in [0, 0.05) is 0 Å². The summed E-state index contributed by atoms with van der Waals surface area (Å²) < 4.78 is 0.472. The van der Waals surface area contributed by atoms with Gasteiger partial charge < -0.3 is 19.0 Å². The van der Waals surface area contributed by atoms with Gasteiger partial charge in [-0.2, -0.15) is 16.6 Å². The molecule has 0 radical (unpaired) electrons. The normalized spacial score (nSPS) is 7.07. The van der Waals surface area contributed by atoms with Crippen LogP contribution in [0.15, 0.2) is 0 Å². The second-order valence-corrected chi connectivity index (χ2v) is 3.39. The molecule has 0 rings (SSSR count). The maximum absolute atomic E-state index is 9.47. The Kier molecular flexibility index (Phi) is 39.3. The molecule has 0 bridgehead atoms. The zero-order chi connectivity index (χ0) is 12.0. The molecule has 0 aliphatic rings. The molecule has 1 N–H and O–H groups in total. The van der Waals surface area contributed by atoms with Crippen LogP contribution in [-0.2, 0) is 16.5 Å². The zero-order valence-corrected chi connectivity index (χ0v) is 12.0. The Morgan fingerprint density at radius 1 is 1.20 bits per heavy atom.